The van der Waals surface area contributed by atoms with Crippen LogP contribution >= 0.6 is 0 Å². The third-order valence-electron chi connectivity index (χ3n) is 3.10. The maximum Gasteiger partial charge on any atom is 0.461 e. The lowest BCUT2D eigenvalue weighted by atomic mass is 10.2. The van der Waals surface area contributed by atoms with Gasteiger partial charge in [-0.2, -0.15) is 26.6 Å². The van der Waals surface area contributed by atoms with Gasteiger partial charge in [-0.3, -0.25) is 0 Å². The smallest absolute Gasteiger partial charge is 0.461 e. The van der Waals surface area contributed by atoms with E-state index >= 15 is 0 Å². The standard InChI is InChI=1S/C13H13F5N4O/c1-3-8(2)23-10-7-5-4-6-9(10)22-11(19-20-21-22)12(14,15)13(16,17)18/h4-8H,3H2,1-2H3. The third kappa shape index (κ3) is 3.25. The zero-order valence-corrected chi connectivity index (χ0v) is 12.2. The minimum absolute atomic E-state index is 0.100. The maximum atomic E-state index is 13.6. The van der Waals surface area contributed by atoms with E-state index in [9.17, 15) is 22.0 Å². The Hall–Kier alpha value is -2.26. The molecule has 0 aliphatic carbocycles. The van der Waals surface area contributed by atoms with E-state index in [4.69, 9.17) is 4.74 Å². The van der Waals surface area contributed by atoms with Crippen LogP contribution in [-0.2, 0) is 5.92 Å². The first-order valence-electron chi connectivity index (χ1n) is 6.68. The molecule has 10 heteroatoms. The van der Waals surface area contributed by atoms with Gasteiger partial charge in [0.2, 0.25) is 5.82 Å². The quantitative estimate of drug-likeness (QED) is 0.784. The largest absolute Gasteiger partial charge is 0.488 e. The molecular formula is C13H13F5N4O. The molecule has 1 heterocycles. The summed E-state index contributed by atoms with van der Waals surface area (Å²) < 4.78 is 70.7. The van der Waals surface area contributed by atoms with E-state index in [2.05, 4.69) is 15.5 Å². The van der Waals surface area contributed by atoms with Crippen molar-refractivity contribution in [3.63, 3.8) is 0 Å². The van der Waals surface area contributed by atoms with E-state index in [1.807, 2.05) is 6.92 Å². The number of hydrogen-bond acceptors (Lipinski definition) is 4. The zero-order valence-electron chi connectivity index (χ0n) is 12.2. The summed E-state index contributed by atoms with van der Waals surface area (Å²) in [5.41, 5.74) is -0.100. The SMILES string of the molecule is CCC(C)Oc1ccccc1-n1nnnc1C(F)(F)C(F)(F)F. The first-order valence-corrected chi connectivity index (χ1v) is 6.68. The van der Waals surface area contributed by atoms with Crippen molar-refractivity contribution < 1.29 is 26.7 Å². The van der Waals surface area contributed by atoms with Gasteiger partial charge in [-0.25, -0.2) is 0 Å². The number of halogens is 5. The molecule has 2 aromatic rings. The van der Waals surface area contributed by atoms with Crippen molar-refractivity contribution in [2.75, 3.05) is 0 Å². The lowest BCUT2D eigenvalue weighted by Crippen LogP contribution is -2.36. The Labute approximate surface area is 128 Å². The van der Waals surface area contributed by atoms with Gasteiger partial charge in [0.25, 0.3) is 0 Å². The number of hydrogen-bond donors (Lipinski definition) is 0. The van der Waals surface area contributed by atoms with E-state index in [1.54, 1.807) is 13.0 Å². The summed E-state index contributed by atoms with van der Waals surface area (Å²) in [6.07, 6.45) is -5.46. The molecule has 2 rings (SSSR count). The van der Waals surface area contributed by atoms with E-state index in [-0.39, 0.29) is 17.5 Å². The number of rotatable bonds is 5. The number of nitrogens with zero attached hydrogens (tertiary/aromatic N) is 4. The second-order valence-corrected chi connectivity index (χ2v) is 4.79. The van der Waals surface area contributed by atoms with Crippen molar-refractivity contribution in [3.05, 3.63) is 30.1 Å². The molecule has 0 saturated carbocycles. The van der Waals surface area contributed by atoms with Gasteiger partial charge in [0.1, 0.15) is 11.4 Å². The lowest BCUT2D eigenvalue weighted by molar-refractivity contribution is -0.293. The van der Waals surface area contributed by atoms with Gasteiger partial charge in [0.15, 0.2) is 0 Å². The number of ether oxygens (including phenoxy) is 1. The van der Waals surface area contributed by atoms with Crippen molar-refractivity contribution in [1.29, 1.82) is 0 Å². The van der Waals surface area contributed by atoms with Crippen LogP contribution in [0.3, 0.4) is 0 Å². The summed E-state index contributed by atoms with van der Waals surface area (Å²) in [6, 6.07) is 5.76. The van der Waals surface area contributed by atoms with E-state index in [0.717, 1.165) is 0 Å². The van der Waals surface area contributed by atoms with E-state index in [1.165, 1.54) is 18.2 Å². The molecule has 0 spiro atoms. The first-order chi connectivity index (χ1) is 10.7. The Balaban J connectivity index is 2.52. The minimum atomic E-state index is -5.81. The zero-order chi connectivity index (χ0) is 17.3. The van der Waals surface area contributed by atoms with Crippen LogP contribution in [0.15, 0.2) is 24.3 Å². The molecule has 0 N–H and O–H groups in total. The molecule has 23 heavy (non-hydrogen) atoms. The van der Waals surface area contributed by atoms with E-state index < -0.39 is 17.9 Å². The fourth-order valence-electron chi connectivity index (χ4n) is 1.70. The summed E-state index contributed by atoms with van der Waals surface area (Å²) >= 11 is 0. The Bertz CT molecular complexity index is 670. The maximum absolute atomic E-state index is 13.6. The van der Waals surface area contributed by atoms with Crippen molar-refractivity contribution in [2.45, 2.75) is 38.5 Å². The molecule has 5 nitrogen and oxygen atoms in total. The molecule has 1 aromatic carbocycles. The number of alkyl halides is 5. The predicted molar refractivity (Wildman–Crippen MR) is 69.5 cm³/mol. The molecule has 126 valence electrons. The van der Waals surface area contributed by atoms with Gasteiger partial charge in [-0.05, 0) is 35.9 Å². The highest BCUT2D eigenvalue weighted by Gasteiger charge is 2.62. The number of para-hydroxylation sites is 2. The normalized spacial score (nSPS) is 13.9. The van der Waals surface area contributed by atoms with Crippen LogP contribution in [0.2, 0.25) is 0 Å². The van der Waals surface area contributed by atoms with Gasteiger partial charge < -0.3 is 4.74 Å². The molecule has 0 radical (unpaired) electrons. The minimum Gasteiger partial charge on any atom is -0.488 e. The van der Waals surface area contributed by atoms with Gasteiger partial charge in [-0.1, -0.05) is 19.1 Å². The fraction of sp³-hybridized carbons (Fsp3) is 0.462. The van der Waals surface area contributed by atoms with Gasteiger partial charge in [0, 0.05) is 0 Å². The summed E-state index contributed by atoms with van der Waals surface area (Å²) in [5.74, 6) is -6.71. The van der Waals surface area contributed by atoms with Gasteiger partial charge >= 0.3 is 12.1 Å². The number of benzene rings is 1. The predicted octanol–water partition coefficient (Wildman–Crippen LogP) is 3.49. The van der Waals surface area contributed by atoms with Crippen LogP contribution in [0.5, 0.6) is 5.75 Å². The van der Waals surface area contributed by atoms with E-state index in [0.29, 0.717) is 11.1 Å². The molecule has 0 bridgehead atoms. The molecular weight excluding hydrogens is 323 g/mol. The van der Waals surface area contributed by atoms with Crippen LogP contribution < -0.4 is 4.74 Å². The summed E-state index contributed by atoms with van der Waals surface area (Å²) in [7, 11) is 0. The van der Waals surface area contributed by atoms with Crippen LogP contribution in [0.25, 0.3) is 5.69 Å². The monoisotopic (exact) mass is 336 g/mol. The number of aromatic nitrogens is 4. The topological polar surface area (TPSA) is 52.8 Å². The van der Waals surface area contributed by atoms with Gasteiger partial charge in [0.05, 0.1) is 6.10 Å². The van der Waals surface area contributed by atoms with Crippen LogP contribution in [-0.4, -0.2) is 32.5 Å². The van der Waals surface area contributed by atoms with Crippen molar-refractivity contribution in [2.24, 2.45) is 0 Å². The summed E-state index contributed by atoms with van der Waals surface area (Å²) in [6.45, 7) is 3.58. The van der Waals surface area contributed by atoms with Crippen molar-refractivity contribution >= 4 is 0 Å². The van der Waals surface area contributed by atoms with Crippen LogP contribution in [0, 0.1) is 0 Å². The Morgan fingerprint density at radius 1 is 1.17 bits per heavy atom. The molecule has 0 fully saturated rings. The Kier molecular flexibility index (Phi) is 4.53. The molecule has 0 amide bonds. The summed E-state index contributed by atoms with van der Waals surface area (Å²) in [5, 5.41) is 9.05. The first kappa shape index (κ1) is 17.1. The highest BCUT2D eigenvalue weighted by atomic mass is 19.4. The Morgan fingerprint density at radius 2 is 1.83 bits per heavy atom. The highest BCUT2D eigenvalue weighted by molar-refractivity contribution is 5.46. The summed E-state index contributed by atoms with van der Waals surface area (Å²) in [4.78, 5) is 0. The fourth-order valence-corrected chi connectivity index (χ4v) is 1.70. The lowest BCUT2D eigenvalue weighted by Gasteiger charge is -2.20. The van der Waals surface area contributed by atoms with Crippen LogP contribution in [0.1, 0.15) is 26.1 Å². The second kappa shape index (κ2) is 6.09. The molecule has 0 aliphatic rings. The van der Waals surface area contributed by atoms with Gasteiger partial charge in [-0.15, -0.1) is 5.10 Å². The average Bonchev–Trinajstić information content (AvgIpc) is 2.96. The van der Waals surface area contributed by atoms with Crippen LogP contribution in [0.4, 0.5) is 22.0 Å². The molecule has 1 unspecified atom stereocenters. The molecule has 0 aliphatic heterocycles. The molecule has 1 aromatic heterocycles. The Morgan fingerprint density at radius 3 is 2.43 bits per heavy atom. The molecule has 1 atom stereocenters. The average molecular weight is 336 g/mol. The van der Waals surface area contributed by atoms with Crippen molar-refractivity contribution in [3.8, 4) is 11.4 Å². The number of tetrazole rings is 1. The highest BCUT2D eigenvalue weighted by Crippen LogP contribution is 2.43. The third-order valence-corrected chi connectivity index (χ3v) is 3.10. The van der Waals surface area contributed by atoms with Crippen molar-refractivity contribution in [1.82, 2.24) is 20.2 Å². The molecule has 0 saturated heterocycles. The second-order valence-electron chi connectivity index (χ2n) is 4.79.